The summed E-state index contributed by atoms with van der Waals surface area (Å²) >= 11 is 0. The van der Waals surface area contributed by atoms with Crippen molar-refractivity contribution >= 4 is 47.1 Å². The van der Waals surface area contributed by atoms with Crippen molar-refractivity contribution in [2.75, 3.05) is 64.0 Å². The number of hydrogen-bond acceptors (Lipinski definition) is 8. The lowest BCUT2D eigenvalue weighted by Crippen LogP contribution is -2.59. The topological polar surface area (TPSA) is 188 Å². The van der Waals surface area contributed by atoms with Crippen LogP contribution >= 0.6 is 0 Å². The molecule has 0 unspecified atom stereocenters. The van der Waals surface area contributed by atoms with E-state index in [9.17, 15) is 28.8 Å². The lowest BCUT2D eigenvalue weighted by Gasteiger charge is -2.37. The van der Waals surface area contributed by atoms with Crippen molar-refractivity contribution in [1.29, 1.82) is 0 Å². The van der Waals surface area contributed by atoms with Crippen molar-refractivity contribution in [3.8, 4) is 0 Å². The minimum atomic E-state index is -0.751. The fourth-order valence-corrected chi connectivity index (χ4v) is 8.98. The van der Waals surface area contributed by atoms with Crippen molar-refractivity contribution in [1.82, 2.24) is 40.9 Å². The molecular weight excluding hydrogens is 885 g/mol. The van der Waals surface area contributed by atoms with Crippen molar-refractivity contribution in [3.63, 3.8) is 0 Å². The molecule has 70 heavy (non-hydrogen) atoms. The van der Waals surface area contributed by atoms with Gasteiger partial charge < -0.3 is 51.5 Å². The number of likely N-dealkylation sites (tertiary alicyclic amines) is 2. The summed E-state index contributed by atoms with van der Waals surface area (Å²) in [5, 5.41) is 18.0. The summed E-state index contributed by atoms with van der Waals surface area (Å²) < 4.78 is 0. The maximum absolute atomic E-state index is 14.3. The summed E-state index contributed by atoms with van der Waals surface area (Å²) in [6.45, 7) is 17.7. The van der Waals surface area contributed by atoms with Crippen LogP contribution in [0.5, 0.6) is 0 Å². The average Bonchev–Trinajstić information content (AvgIpc) is 4.01. The summed E-state index contributed by atoms with van der Waals surface area (Å²) in [7, 11) is 3.41. The molecule has 3 aromatic carbocycles. The first kappa shape index (κ1) is 54.9. The Kier molecular flexibility index (Phi) is 19.8. The van der Waals surface area contributed by atoms with Gasteiger partial charge in [-0.1, -0.05) is 102 Å². The Balaban J connectivity index is 1.30. The molecule has 2 saturated heterocycles. The molecule has 6 N–H and O–H groups in total. The number of carbonyl (C=O) groups excluding carboxylic acids is 6. The van der Waals surface area contributed by atoms with Crippen LogP contribution in [0.4, 0.5) is 21.0 Å². The summed E-state index contributed by atoms with van der Waals surface area (Å²) in [5.41, 5.74) is 2.12. The number of carbonyl (C=O) groups is 6. The third-order valence-electron chi connectivity index (χ3n) is 13.6. The molecule has 6 atom stereocenters. The summed E-state index contributed by atoms with van der Waals surface area (Å²) in [5.74, 6) is -0.816. The quantitative estimate of drug-likeness (QED) is 0.0785. The highest BCUT2D eigenvalue weighted by Gasteiger charge is 2.42. The van der Waals surface area contributed by atoms with E-state index in [0.29, 0.717) is 63.5 Å². The standard InChI is InChI=1S/C54H80N10O6/c1-37(55-9)47(65)59-45(53(3,4)5)49(67)63-31-17-23-43(63)35-61(33-29-39-19-13-11-14-20-39)51(69)57-41-25-27-42(28-26-41)58-52(70)62(34-30-40-21-15-12-16-22-40)36-44-24-18-32-64(44)50(68)46(54(6,7)8)60-48(66)38(2)56-10/h11-16,19-22,25-28,37-38,43-46,55-56H,17-18,23-24,29-36H2,1-10H3,(H,57,69)(H,58,70)(H,59,65)(H,60,66)/t37-,38-,43-,44-,45+,46+/m0/s1. The van der Waals surface area contributed by atoms with E-state index in [-0.39, 0.29) is 47.8 Å². The van der Waals surface area contributed by atoms with Crippen molar-refractivity contribution in [3.05, 3.63) is 96.1 Å². The number of amides is 8. The van der Waals surface area contributed by atoms with E-state index < -0.39 is 35.0 Å². The van der Waals surface area contributed by atoms with Gasteiger partial charge in [0.2, 0.25) is 23.6 Å². The molecule has 16 heteroatoms. The number of nitrogens with zero attached hydrogens (tertiary/aromatic N) is 4. The molecule has 0 saturated carbocycles. The number of likely N-dealkylation sites (N-methyl/N-ethyl adjacent to an activating group) is 2. The number of anilines is 2. The Morgan fingerprint density at radius 2 is 0.900 bits per heavy atom. The number of nitrogens with one attached hydrogen (secondary N) is 6. The first-order chi connectivity index (χ1) is 33.2. The molecule has 2 heterocycles. The molecular formula is C54H80N10O6. The first-order valence-electron chi connectivity index (χ1n) is 25.1. The van der Waals surface area contributed by atoms with Crippen LogP contribution in [-0.2, 0) is 32.0 Å². The van der Waals surface area contributed by atoms with E-state index in [1.165, 1.54) is 0 Å². The van der Waals surface area contributed by atoms with Crippen LogP contribution in [0.25, 0.3) is 0 Å². The zero-order valence-corrected chi connectivity index (χ0v) is 43.3. The van der Waals surface area contributed by atoms with E-state index in [4.69, 9.17) is 0 Å². The Morgan fingerprint density at radius 3 is 1.21 bits per heavy atom. The Hall–Kier alpha value is -6.00. The Bertz CT molecular complexity index is 2040. The van der Waals surface area contributed by atoms with Crippen LogP contribution in [0.3, 0.4) is 0 Å². The predicted molar refractivity (Wildman–Crippen MR) is 277 cm³/mol. The molecule has 2 aliphatic heterocycles. The molecule has 0 aromatic heterocycles. The summed E-state index contributed by atoms with van der Waals surface area (Å²) in [4.78, 5) is 90.2. The lowest BCUT2D eigenvalue weighted by molar-refractivity contribution is -0.140. The fraction of sp³-hybridized carbons (Fsp3) is 0.556. The van der Waals surface area contributed by atoms with Gasteiger partial charge in [-0.05, 0) is 113 Å². The second-order valence-electron chi connectivity index (χ2n) is 21.1. The SMILES string of the molecule is CN[C@@H](C)C(=O)N[C@H](C(=O)N1CCC[C@H]1CN(CCc1ccccc1)C(=O)Nc1ccc(NC(=O)N(CCc2ccccc2)C[C@@H]2CCCN2C(=O)[C@@H](NC(=O)[C@H](C)NC)C(C)(C)C)cc1)C(C)(C)C. The van der Waals surface area contributed by atoms with Gasteiger partial charge in [0.25, 0.3) is 0 Å². The van der Waals surface area contributed by atoms with E-state index >= 15 is 0 Å². The third-order valence-corrected chi connectivity index (χ3v) is 13.6. The zero-order valence-electron chi connectivity index (χ0n) is 43.3. The van der Waals surface area contributed by atoms with Crippen LogP contribution in [0.1, 0.15) is 92.2 Å². The van der Waals surface area contributed by atoms with Gasteiger partial charge in [0.1, 0.15) is 12.1 Å². The summed E-state index contributed by atoms with van der Waals surface area (Å²) in [6, 6.07) is 23.3. The van der Waals surface area contributed by atoms with Crippen molar-refractivity contribution < 1.29 is 28.8 Å². The van der Waals surface area contributed by atoms with E-state index in [2.05, 4.69) is 31.9 Å². The van der Waals surface area contributed by atoms with E-state index in [1.54, 1.807) is 62.0 Å². The molecule has 2 aliphatic rings. The minimum Gasteiger partial charge on any atom is -0.342 e. The molecule has 5 rings (SSSR count). The van der Waals surface area contributed by atoms with Gasteiger partial charge in [0.05, 0.1) is 12.1 Å². The van der Waals surface area contributed by atoms with Crippen molar-refractivity contribution in [2.45, 2.75) is 130 Å². The van der Waals surface area contributed by atoms with E-state index in [1.807, 2.05) is 112 Å². The maximum atomic E-state index is 14.3. The molecule has 8 amide bonds. The molecule has 16 nitrogen and oxygen atoms in total. The number of rotatable bonds is 20. The monoisotopic (exact) mass is 965 g/mol. The van der Waals surface area contributed by atoms with E-state index in [0.717, 1.165) is 36.8 Å². The van der Waals surface area contributed by atoms with Gasteiger partial charge in [-0.3, -0.25) is 19.2 Å². The largest absolute Gasteiger partial charge is 0.342 e. The molecule has 0 radical (unpaired) electrons. The molecule has 0 aliphatic carbocycles. The maximum Gasteiger partial charge on any atom is 0.321 e. The highest BCUT2D eigenvalue weighted by molar-refractivity contribution is 5.93. The molecule has 0 bridgehead atoms. The second-order valence-corrected chi connectivity index (χ2v) is 21.1. The van der Waals surface area contributed by atoms with Gasteiger partial charge >= 0.3 is 12.1 Å². The normalized spacial score (nSPS) is 17.7. The van der Waals surface area contributed by atoms with Gasteiger partial charge in [-0.2, -0.15) is 0 Å². The van der Waals surface area contributed by atoms with Crippen LogP contribution in [0, 0.1) is 10.8 Å². The zero-order chi connectivity index (χ0) is 51.2. The van der Waals surface area contributed by atoms with Crippen LogP contribution in [0.15, 0.2) is 84.9 Å². The van der Waals surface area contributed by atoms with Crippen molar-refractivity contribution in [2.24, 2.45) is 10.8 Å². The van der Waals surface area contributed by atoms with Gasteiger partial charge in [-0.25, -0.2) is 9.59 Å². The number of benzene rings is 3. The molecule has 2 fully saturated rings. The minimum absolute atomic E-state index is 0.157. The smallest absolute Gasteiger partial charge is 0.321 e. The van der Waals surface area contributed by atoms with Crippen LogP contribution < -0.4 is 31.9 Å². The van der Waals surface area contributed by atoms with Crippen LogP contribution in [0.2, 0.25) is 0 Å². The lowest BCUT2D eigenvalue weighted by atomic mass is 9.85. The Morgan fingerprint density at radius 1 is 0.557 bits per heavy atom. The second kappa shape index (κ2) is 25.2. The fourth-order valence-electron chi connectivity index (χ4n) is 8.98. The van der Waals surface area contributed by atoms with Gasteiger partial charge in [0, 0.05) is 62.7 Å². The Labute approximate surface area is 416 Å². The third kappa shape index (κ3) is 15.5. The molecule has 382 valence electrons. The average molecular weight is 965 g/mol. The van der Waals surface area contributed by atoms with Gasteiger partial charge in [-0.15, -0.1) is 0 Å². The highest BCUT2D eigenvalue weighted by atomic mass is 16.2. The number of urea groups is 2. The van der Waals surface area contributed by atoms with Gasteiger partial charge in [0.15, 0.2) is 0 Å². The number of hydrogen-bond donors (Lipinski definition) is 6. The van der Waals surface area contributed by atoms with Crippen LogP contribution in [-0.4, -0.2) is 145 Å². The predicted octanol–water partition coefficient (Wildman–Crippen LogP) is 6.10. The first-order valence-corrected chi connectivity index (χ1v) is 25.1. The highest BCUT2D eigenvalue weighted by Crippen LogP contribution is 2.29. The summed E-state index contributed by atoms with van der Waals surface area (Å²) in [6.07, 6.45) is 4.22. The molecule has 3 aromatic rings. The molecule has 0 spiro atoms.